The number of hydrogen-bond donors (Lipinski definition) is 2. The van der Waals surface area contributed by atoms with Gasteiger partial charge in [0.1, 0.15) is 23.0 Å². The first-order chi connectivity index (χ1) is 14.1. The van der Waals surface area contributed by atoms with Crippen LogP contribution in [-0.2, 0) is 0 Å². The summed E-state index contributed by atoms with van der Waals surface area (Å²) in [5.41, 5.74) is 8.20. The fourth-order valence-corrected chi connectivity index (χ4v) is 7.81. The van der Waals surface area contributed by atoms with Gasteiger partial charge in [-0.2, -0.15) is 10.0 Å². The summed E-state index contributed by atoms with van der Waals surface area (Å²) in [5, 5.41) is 3.40. The number of amidine groups is 1. The van der Waals surface area contributed by atoms with E-state index in [1.807, 2.05) is 13.2 Å². The normalized spacial score (nSPS) is 25.7. The van der Waals surface area contributed by atoms with Gasteiger partial charge in [-0.25, -0.2) is 9.37 Å². The third kappa shape index (κ3) is 3.06. The fraction of sp³-hybridized carbons (Fsp3) is 0.286. The van der Waals surface area contributed by atoms with Gasteiger partial charge in [-0.3, -0.25) is 9.79 Å². The van der Waals surface area contributed by atoms with Crippen molar-refractivity contribution in [3.63, 3.8) is 0 Å². The monoisotopic (exact) mass is 447 g/mol. The highest BCUT2D eigenvalue weighted by molar-refractivity contribution is 8.41. The Morgan fingerprint density at radius 2 is 2.13 bits per heavy atom. The second kappa shape index (κ2) is 6.99. The Bertz CT molecular complexity index is 1230. The summed E-state index contributed by atoms with van der Waals surface area (Å²) in [6.45, 7) is 3.82. The highest BCUT2D eigenvalue weighted by Crippen LogP contribution is 2.78. The highest BCUT2D eigenvalue weighted by atomic mass is 35.5. The number of carbonyl (C=O) groups is 1. The zero-order valence-corrected chi connectivity index (χ0v) is 18.7. The predicted octanol–water partition coefficient (Wildman–Crippen LogP) is 4.24. The van der Waals surface area contributed by atoms with Crippen LogP contribution < -0.4 is 11.1 Å². The first kappa shape index (κ1) is 20.7. The lowest BCUT2D eigenvalue weighted by Gasteiger charge is -2.24. The number of anilines is 1. The molecule has 3 N–H and O–H groups in total. The molecule has 9 heteroatoms. The van der Waals surface area contributed by atoms with E-state index in [1.54, 1.807) is 48.8 Å². The van der Waals surface area contributed by atoms with E-state index in [1.165, 1.54) is 6.07 Å². The first-order valence-corrected chi connectivity index (χ1v) is 11.9. The number of fused-ring (bicyclic) bond motifs is 1. The molecule has 6 nitrogen and oxygen atoms in total. The molecule has 1 saturated heterocycles. The predicted molar refractivity (Wildman–Crippen MR) is 122 cm³/mol. The second-order valence-electron chi connectivity index (χ2n) is 7.79. The molecule has 1 fully saturated rings. The van der Waals surface area contributed by atoms with Crippen LogP contribution in [0.4, 0.5) is 10.1 Å². The van der Waals surface area contributed by atoms with Gasteiger partial charge >= 0.3 is 0 Å². The fourth-order valence-electron chi connectivity index (χ4n) is 3.85. The zero-order valence-electron chi connectivity index (χ0n) is 17.2. The minimum absolute atomic E-state index is 0.292. The average Bonchev–Trinajstić information content (AvgIpc) is 3.14. The number of halogens is 2. The number of hydrogen-bond acceptors (Lipinski definition) is 3. The van der Waals surface area contributed by atoms with Gasteiger partial charge < -0.3 is 15.5 Å². The summed E-state index contributed by atoms with van der Waals surface area (Å²) in [4.78, 5) is 22.0. The van der Waals surface area contributed by atoms with Crippen molar-refractivity contribution in [3.8, 4) is 0 Å². The molecule has 3 aromatic rings. The van der Waals surface area contributed by atoms with Gasteiger partial charge in [0.05, 0.1) is 15.5 Å². The number of benzene rings is 1. The van der Waals surface area contributed by atoms with Gasteiger partial charge in [0, 0.05) is 29.6 Å². The lowest BCUT2D eigenvalue weighted by Crippen LogP contribution is -2.30. The van der Waals surface area contributed by atoms with Crippen molar-refractivity contribution in [3.05, 3.63) is 58.8 Å². The number of nitrogens with one attached hydrogen (secondary N) is 1. The van der Waals surface area contributed by atoms with Crippen molar-refractivity contribution in [2.24, 2.45) is 10.7 Å². The van der Waals surface area contributed by atoms with Gasteiger partial charge in [-0.15, -0.1) is 0 Å². The van der Waals surface area contributed by atoms with Crippen molar-refractivity contribution in [1.29, 1.82) is 0 Å². The molecule has 0 radical (unpaired) electrons. The molecule has 1 amide bonds. The van der Waals surface area contributed by atoms with Crippen LogP contribution in [-0.4, -0.2) is 44.9 Å². The SMILES string of the molecule is CN=C(N)C1(C)CS1(C)c1cc(NC(=O)c2nc3ccc(Cl)cn3c2C)ccc1F. The van der Waals surface area contributed by atoms with Crippen molar-refractivity contribution in [2.75, 3.05) is 24.4 Å². The third-order valence-corrected chi connectivity index (χ3v) is 10.6. The minimum atomic E-state index is -1.51. The van der Waals surface area contributed by atoms with Crippen LogP contribution in [0, 0.1) is 12.7 Å². The minimum Gasteiger partial charge on any atom is -0.386 e. The molecule has 3 heterocycles. The van der Waals surface area contributed by atoms with Crippen LogP contribution in [0.25, 0.3) is 5.65 Å². The molecule has 4 rings (SSSR count). The number of aliphatic imine (C=N–C) groups is 1. The van der Waals surface area contributed by atoms with Gasteiger partial charge in [-0.05, 0) is 50.4 Å². The van der Waals surface area contributed by atoms with Crippen molar-refractivity contribution >= 4 is 44.7 Å². The lowest BCUT2D eigenvalue weighted by molar-refractivity contribution is 0.102. The van der Waals surface area contributed by atoms with E-state index in [0.29, 0.717) is 38.5 Å². The topological polar surface area (TPSA) is 84.8 Å². The number of rotatable bonds is 4. The summed E-state index contributed by atoms with van der Waals surface area (Å²) in [7, 11) is 0.141. The summed E-state index contributed by atoms with van der Waals surface area (Å²) in [6.07, 6.45) is 3.76. The molecule has 0 aliphatic carbocycles. The van der Waals surface area contributed by atoms with E-state index < -0.39 is 10.0 Å². The number of carbonyl (C=O) groups excluding carboxylic acids is 1. The Morgan fingerprint density at radius 1 is 1.40 bits per heavy atom. The Hall–Kier alpha value is -2.58. The van der Waals surface area contributed by atoms with Crippen LogP contribution in [0.3, 0.4) is 0 Å². The van der Waals surface area contributed by atoms with E-state index >= 15 is 0 Å². The summed E-state index contributed by atoms with van der Waals surface area (Å²) >= 11 is 6.05. The quantitative estimate of drug-likeness (QED) is 0.356. The van der Waals surface area contributed by atoms with E-state index in [9.17, 15) is 9.18 Å². The van der Waals surface area contributed by atoms with Crippen molar-refractivity contribution in [2.45, 2.75) is 23.5 Å². The van der Waals surface area contributed by atoms with E-state index in [2.05, 4.69) is 15.3 Å². The molecule has 1 aliphatic rings. The van der Waals surface area contributed by atoms with Gasteiger partial charge in [0.25, 0.3) is 5.91 Å². The Kier molecular flexibility index (Phi) is 4.82. The maximum atomic E-state index is 14.7. The van der Waals surface area contributed by atoms with Crippen LogP contribution in [0.1, 0.15) is 23.1 Å². The summed E-state index contributed by atoms with van der Waals surface area (Å²) in [5.74, 6) is 0.645. The van der Waals surface area contributed by atoms with Crippen LogP contribution >= 0.6 is 21.6 Å². The second-order valence-corrected chi connectivity index (χ2v) is 12.0. The highest BCUT2D eigenvalue weighted by Gasteiger charge is 2.61. The number of nitrogens with zero attached hydrogens (tertiary/aromatic N) is 3. The number of pyridine rings is 1. The number of imidazole rings is 1. The first-order valence-electron chi connectivity index (χ1n) is 9.34. The van der Waals surface area contributed by atoms with Crippen molar-refractivity contribution in [1.82, 2.24) is 9.38 Å². The van der Waals surface area contributed by atoms with E-state index in [0.717, 1.165) is 5.75 Å². The molecule has 2 atom stereocenters. The standard InChI is InChI=1S/C21H23ClFN5OS/c1-12-18(27-17-8-5-13(22)10-28(12)17)19(29)26-14-6-7-15(23)16(9-14)30(4)11-21(30,2)20(24)25-3/h5-10H,11H2,1-4H3,(H2,24,25)(H,26,29). The average molecular weight is 448 g/mol. The molecule has 0 saturated carbocycles. The van der Waals surface area contributed by atoms with Crippen LogP contribution in [0.5, 0.6) is 0 Å². The van der Waals surface area contributed by atoms with Crippen LogP contribution in [0.15, 0.2) is 46.4 Å². The van der Waals surface area contributed by atoms with Crippen LogP contribution in [0.2, 0.25) is 5.02 Å². The van der Waals surface area contributed by atoms with Crippen molar-refractivity contribution < 1.29 is 9.18 Å². The molecule has 158 valence electrons. The summed E-state index contributed by atoms with van der Waals surface area (Å²) in [6, 6.07) is 8.12. The van der Waals surface area contributed by atoms with Gasteiger partial charge in [-0.1, -0.05) is 11.6 Å². The third-order valence-electron chi connectivity index (χ3n) is 5.96. The maximum absolute atomic E-state index is 14.7. The molecule has 2 aromatic heterocycles. The smallest absolute Gasteiger partial charge is 0.276 e. The summed E-state index contributed by atoms with van der Waals surface area (Å²) < 4.78 is 16.2. The Morgan fingerprint density at radius 3 is 2.83 bits per heavy atom. The number of amides is 1. The van der Waals surface area contributed by atoms with Gasteiger partial charge in [0.15, 0.2) is 0 Å². The molecule has 30 heavy (non-hydrogen) atoms. The zero-order chi connectivity index (χ0) is 21.8. The van der Waals surface area contributed by atoms with E-state index in [4.69, 9.17) is 17.3 Å². The molecule has 1 aliphatic heterocycles. The molecular weight excluding hydrogens is 425 g/mol. The molecule has 2 unspecified atom stereocenters. The molecule has 0 spiro atoms. The van der Waals surface area contributed by atoms with Gasteiger partial charge in [0.2, 0.25) is 0 Å². The Labute approximate surface area is 180 Å². The number of aryl methyl sites for hydroxylation is 1. The molecule has 1 aromatic carbocycles. The van der Waals surface area contributed by atoms with E-state index in [-0.39, 0.29) is 16.5 Å². The largest absolute Gasteiger partial charge is 0.386 e. The molecular formula is C21H23ClFN5OS. The molecule has 0 bridgehead atoms. The number of aromatic nitrogens is 2. The number of nitrogens with two attached hydrogens (primary N) is 1. The lowest BCUT2D eigenvalue weighted by atomic mass is 10.2. The Balaban J connectivity index is 1.65. The maximum Gasteiger partial charge on any atom is 0.276 e.